The SMILES string of the molecule is CCN(CC)C(CC)(CC)C(O)Cc1ccccc1Cl. The van der Waals surface area contributed by atoms with Gasteiger partial charge >= 0.3 is 0 Å². The van der Waals surface area contributed by atoms with Gasteiger partial charge in [0.2, 0.25) is 0 Å². The van der Waals surface area contributed by atoms with Crippen LogP contribution in [0.4, 0.5) is 0 Å². The van der Waals surface area contributed by atoms with Crippen LogP contribution in [0.5, 0.6) is 0 Å². The molecule has 1 rings (SSSR count). The first-order valence-corrected chi connectivity index (χ1v) is 8.09. The van der Waals surface area contributed by atoms with Crippen LogP contribution in [0, 0.1) is 0 Å². The lowest BCUT2D eigenvalue weighted by Gasteiger charge is -2.46. The number of likely N-dealkylation sites (N-methyl/N-ethyl adjacent to an activating group) is 1. The minimum absolute atomic E-state index is 0.164. The molecular formula is C17H28ClNO. The molecular weight excluding hydrogens is 270 g/mol. The summed E-state index contributed by atoms with van der Waals surface area (Å²) in [6.45, 7) is 10.6. The number of hydrogen-bond donors (Lipinski definition) is 1. The van der Waals surface area contributed by atoms with Crippen molar-refractivity contribution in [3.8, 4) is 0 Å². The molecule has 114 valence electrons. The molecule has 2 nitrogen and oxygen atoms in total. The third kappa shape index (κ3) is 3.55. The van der Waals surface area contributed by atoms with Crippen molar-refractivity contribution >= 4 is 11.6 Å². The van der Waals surface area contributed by atoms with E-state index < -0.39 is 6.10 Å². The molecule has 0 radical (unpaired) electrons. The number of rotatable bonds is 8. The number of nitrogens with zero attached hydrogens (tertiary/aromatic N) is 1. The molecule has 0 saturated carbocycles. The largest absolute Gasteiger partial charge is 0.391 e. The molecule has 0 aliphatic rings. The lowest BCUT2D eigenvalue weighted by Crippen LogP contribution is -2.56. The quantitative estimate of drug-likeness (QED) is 0.779. The first kappa shape index (κ1) is 17.5. The molecule has 20 heavy (non-hydrogen) atoms. The van der Waals surface area contributed by atoms with Crippen molar-refractivity contribution < 1.29 is 5.11 Å². The van der Waals surface area contributed by atoms with Gasteiger partial charge in [-0.05, 0) is 37.6 Å². The van der Waals surface area contributed by atoms with Gasteiger partial charge in [-0.15, -0.1) is 0 Å². The average molecular weight is 298 g/mol. The predicted octanol–water partition coefficient (Wildman–Crippen LogP) is 4.14. The van der Waals surface area contributed by atoms with Crippen LogP contribution in [0.25, 0.3) is 0 Å². The zero-order valence-electron chi connectivity index (χ0n) is 13.2. The fraction of sp³-hybridized carbons (Fsp3) is 0.647. The Morgan fingerprint density at radius 2 is 1.65 bits per heavy atom. The van der Waals surface area contributed by atoms with Crippen LogP contribution in [0.1, 0.15) is 46.1 Å². The van der Waals surface area contributed by atoms with E-state index in [9.17, 15) is 5.11 Å². The number of hydrogen-bond acceptors (Lipinski definition) is 2. The Morgan fingerprint density at radius 3 is 2.10 bits per heavy atom. The van der Waals surface area contributed by atoms with Gasteiger partial charge in [0, 0.05) is 17.0 Å². The summed E-state index contributed by atoms with van der Waals surface area (Å²) < 4.78 is 0. The van der Waals surface area contributed by atoms with Crippen LogP contribution in [0.15, 0.2) is 24.3 Å². The van der Waals surface area contributed by atoms with E-state index >= 15 is 0 Å². The van der Waals surface area contributed by atoms with Gasteiger partial charge in [0.25, 0.3) is 0 Å². The standard InChI is InChI=1S/C17H28ClNO/c1-5-17(6-2,19(7-3)8-4)16(20)13-14-11-9-10-12-15(14)18/h9-12,16,20H,5-8,13H2,1-4H3. The molecule has 0 aliphatic carbocycles. The van der Waals surface area contributed by atoms with Gasteiger partial charge in [0.05, 0.1) is 6.10 Å². The molecule has 3 heteroatoms. The fourth-order valence-electron chi connectivity index (χ4n) is 3.29. The summed E-state index contributed by atoms with van der Waals surface area (Å²) in [5.74, 6) is 0. The molecule has 1 N–H and O–H groups in total. The Morgan fingerprint density at radius 1 is 1.10 bits per heavy atom. The molecule has 0 bridgehead atoms. The smallest absolute Gasteiger partial charge is 0.0764 e. The van der Waals surface area contributed by atoms with Crippen LogP contribution >= 0.6 is 11.6 Å². The van der Waals surface area contributed by atoms with Crippen molar-refractivity contribution in [2.45, 2.75) is 58.6 Å². The van der Waals surface area contributed by atoms with Crippen molar-refractivity contribution in [3.63, 3.8) is 0 Å². The highest BCUT2D eigenvalue weighted by Crippen LogP contribution is 2.31. The zero-order chi connectivity index (χ0) is 15.2. The van der Waals surface area contributed by atoms with Gasteiger partial charge in [0.1, 0.15) is 0 Å². The number of aliphatic hydroxyl groups excluding tert-OH is 1. The van der Waals surface area contributed by atoms with E-state index in [1.54, 1.807) is 0 Å². The number of benzene rings is 1. The monoisotopic (exact) mass is 297 g/mol. The van der Waals surface area contributed by atoms with Crippen LogP contribution in [-0.2, 0) is 6.42 Å². The molecule has 1 unspecified atom stereocenters. The fourth-order valence-corrected chi connectivity index (χ4v) is 3.51. The van der Waals surface area contributed by atoms with Crippen molar-refractivity contribution in [2.75, 3.05) is 13.1 Å². The summed E-state index contributed by atoms with van der Waals surface area (Å²) >= 11 is 6.23. The molecule has 1 aromatic rings. The van der Waals surface area contributed by atoms with E-state index in [1.807, 2.05) is 24.3 Å². The van der Waals surface area contributed by atoms with Crippen LogP contribution in [0.3, 0.4) is 0 Å². The van der Waals surface area contributed by atoms with E-state index in [1.165, 1.54) is 0 Å². The Labute approximate surface area is 128 Å². The highest BCUT2D eigenvalue weighted by atomic mass is 35.5. The van der Waals surface area contributed by atoms with Crippen molar-refractivity contribution in [2.24, 2.45) is 0 Å². The van der Waals surface area contributed by atoms with E-state index in [4.69, 9.17) is 11.6 Å². The topological polar surface area (TPSA) is 23.5 Å². The molecule has 0 aromatic heterocycles. The van der Waals surface area contributed by atoms with Gasteiger partial charge in [-0.25, -0.2) is 0 Å². The lowest BCUT2D eigenvalue weighted by molar-refractivity contribution is -0.0340. The molecule has 1 atom stereocenters. The Bertz CT molecular complexity index is 400. The summed E-state index contributed by atoms with van der Waals surface area (Å²) in [6.07, 6.45) is 2.09. The molecule has 0 saturated heterocycles. The second-order valence-corrected chi connectivity index (χ2v) is 5.70. The highest BCUT2D eigenvalue weighted by Gasteiger charge is 2.39. The maximum Gasteiger partial charge on any atom is 0.0764 e. The van der Waals surface area contributed by atoms with Crippen molar-refractivity contribution in [1.29, 1.82) is 0 Å². The molecule has 0 spiro atoms. The van der Waals surface area contributed by atoms with Crippen LogP contribution < -0.4 is 0 Å². The zero-order valence-corrected chi connectivity index (χ0v) is 14.0. The maximum atomic E-state index is 10.9. The normalized spacial score (nSPS) is 13.8. The van der Waals surface area contributed by atoms with Crippen LogP contribution in [-0.4, -0.2) is 34.7 Å². The van der Waals surface area contributed by atoms with E-state index in [0.717, 1.165) is 36.5 Å². The summed E-state index contributed by atoms with van der Waals surface area (Å²) in [7, 11) is 0. The van der Waals surface area contributed by atoms with Gasteiger partial charge in [-0.3, -0.25) is 4.90 Å². The minimum Gasteiger partial charge on any atom is -0.391 e. The maximum absolute atomic E-state index is 10.9. The Hall–Kier alpha value is -0.570. The first-order valence-electron chi connectivity index (χ1n) is 7.72. The Kier molecular flexibility index (Phi) is 7.01. The van der Waals surface area contributed by atoms with Gasteiger partial charge in [-0.1, -0.05) is 57.5 Å². The summed E-state index contributed by atoms with van der Waals surface area (Å²) in [6, 6.07) is 7.80. The third-order valence-corrected chi connectivity index (χ3v) is 4.98. The van der Waals surface area contributed by atoms with E-state index in [-0.39, 0.29) is 5.54 Å². The Balaban J connectivity index is 3.00. The average Bonchev–Trinajstić information content (AvgIpc) is 2.47. The lowest BCUT2D eigenvalue weighted by atomic mass is 9.81. The van der Waals surface area contributed by atoms with E-state index in [0.29, 0.717) is 6.42 Å². The second kappa shape index (κ2) is 8.02. The summed E-state index contributed by atoms with van der Waals surface area (Å²) in [4.78, 5) is 2.38. The van der Waals surface area contributed by atoms with Gasteiger partial charge in [0.15, 0.2) is 0 Å². The molecule has 1 aromatic carbocycles. The first-order chi connectivity index (χ1) is 9.55. The van der Waals surface area contributed by atoms with Gasteiger partial charge < -0.3 is 5.11 Å². The molecule has 0 fully saturated rings. The highest BCUT2D eigenvalue weighted by molar-refractivity contribution is 6.31. The van der Waals surface area contributed by atoms with Gasteiger partial charge in [-0.2, -0.15) is 0 Å². The number of halogens is 1. The molecule has 0 amide bonds. The van der Waals surface area contributed by atoms with Crippen molar-refractivity contribution in [3.05, 3.63) is 34.9 Å². The minimum atomic E-state index is -0.405. The second-order valence-electron chi connectivity index (χ2n) is 5.29. The van der Waals surface area contributed by atoms with Crippen molar-refractivity contribution in [1.82, 2.24) is 4.90 Å². The molecule has 0 heterocycles. The third-order valence-electron chi connectivity index (χ3n) is 4.61. The van der Waals surface area contributed by atoms with Crippen LogP contribution in [0.2, 0.25) is 5.02 Å². The molecule has 0 aliphatic heterocycles. The number of aliphatic hydroxyl groups is 1. The van der Waals surface area contributed by atoms with E-state index in [2.05, 4.69) is 32.6 Å². The summed E-state index contributed by atoms with van der Waals surface area (Å²) in [5, 5.41) is 11.6. The summed E-state index contributed by atoms with van der Waals surface area (Å²) in [5.41, 5.74) is 0.864. The predicted molar refractivity (Wildman–Crippen MR) is 87.4 cm³/mol.